The van der Waals surface area contributed by atoms with Crippen molar-refractivity contribution in [2.45, 2.75) is 32.9 Å². The number of aromatic amines is 1. The van der Waals surface area contributed by atoms with E-state index in [2.05, 4.69) is 28.9 Å². The zero-order chi connectivity index (χ0) is 13.5. The highest BCUT2D eigenvalue weighted by Crippen LogP contribution is 2.09. The molecule has 102 valence electrons. The van der Waals surface area contributed by atoms with Crippen molar-refractivity contribution in [3.63, 3.8) is 0 Å². The van der Waals surface area contributed by atoms with Crippen LogP contribution in [-0.4, -0.2) is 35.8 Å². The first-order chi connectivity index (χ1) is 8.58. The summed E-state index contributed by atoms with van der Waals surface area (Å²) in [5.41, 5.74) is 1.46. The van der Waals surface area contributed by atoms with Gasteiger partial charge < -0.3 is 20.1 Å². The average Bonchev–Trinajstić information content (AvgIpc) is 2.81. The fourth-order valence-electron chi connectivity index (χ4n) is 1.83. The first kappa shape index (κ1) is 14.7. The average molecular weight is 254 g/mol. The van der Waals surface area contributed by atoms with Crippen molar-refractivity contribution in [2.24, 2.45) is 5.92 Å². The van der Waals surface area contributed by atoms with Gasteiger partial charge in [0.15, 0.2) is 0 Å². The number of hydrogen-bond acceptors (Lipinski definition) is 4. The van der Waals surface area contributed by atoms with Crippen LogP contribution in [0.4, 0.5) is 0 Å². The molecular formula is C13H22N2O3. The van der Waals surface area contributed by atoms with Gasteiger partial charge in [0.1, 0.15) is 5.69 Å². The number of methoxy groups -OCH3 is 1. The fraction of sp³-hybridized carbons (Fsp3) is 0.615. The number of carbonyl (C=O) groups excluding carboxylic acids is 1. The number of aliphatic hydroxyl groups is 1. The third-order valence-corrected chi connectivity index (χ3v) is 2.96. The van der Waals surface area contributed by atoms with E-state index in [0.717, 1.165) is 12.0 Å². The molecule has 1 unspecified atom stereocenters. The maximum Gasteiger partial charge on any atom is 0.354 e. The third kappa shape index (κ3) is 4.16. The first-order valence-corrected chi connectivity index (χ1v) is 6.18. The predicted molar refractivity (Wildman–Crippen MR) is 69.3 cm³/mol. The Morgan fingerprint density at radius 1 is 1.56 bits per heavy atom. The minimum Gasteiger partial charge on any atom is -0.464 e. The molecule has 1 atom stereocenters. The van der Waals surface area contributed by atoms with E-state index in [1.54, 1.807) is 12.3 Å². The second kappa shape index (κ2) is 7.18. The van der Waals surface area contributed by atoms with Gasteiger partial charge in [-0.15, -0.1) is 0 Å². The Morgan fingerprint density at radius 2 is 2.28 bits per heavy atom. The van der Waals surface area contributed by atoms with E-state index in [4.69, 9.17) is 5.11 Å². The summed E-state index contributed by atoms with van der Waals surface area (Å²) in [7, 11) is 1.36. The molecule has 0 spiro atoms. The van der Waals surface area contributed by atoms with E-state index in [0.29, 0.717) is 18.2 Å². The summed E-state index contributed by atoms with van der Waals surface area (Å²) in [4.78, 5) is 14.1. The second-order valence-electron chi connectivity index (χ2n) is 4.66. The number of carbonyl (C=O) groups is 1. The lowest BCUT2D eigenvalue weighted by Gasteiger charge is -2.21. The smallest absolute Gasteiger partial charge is 0.354 e. The second-order valence-corrected chi connectivity index (χ2v) is 4.66. The molecular weight excluding hydrogens is 232 g/mol. The normalized spacial score (nSPS) is 12.7. The molecule has 3 N–H and O–H groups in total. The van der Waals surface area contributed by atoms with Gasteiger partial charge in [0.2, 0.25) is 0 Å². The van der Waals surface area contributed by atoms with Crippen LogP contribution in [0.15, 0.2) is 12.3 Å². The van der Waals surface area contributed by atoms with Crippen LogP contribution in [0.1, 0.15) is 36.3 Å². The molecule has 5 heteroatoms. The van der Waals surface area contributed by atoms with Crippen LogP contribution in [0, 0.1) is 5.92 Å². The van der Waals surface area contributed by atoms with E-state index in [1.165, 1.54) is 7.11 Å². The van der Waals surface area contributed by atoms with Crippen LogP contribution in [0.3, 0.4) is 0 Å². The van der Waals surface area contributed by atoms with Gasteiger partial charge in [-0.25, -0.2) is 4.79 Å². The largest absolute Gasteiger partial charge is 0.464 e. The molecule has 0 saturated heterocycles. The highest BCUT2D eigenvalue weighted by Gasteiger charge is 2.13. The summed E-state index contributed by atoms with van der Waals surface area (Å²) in [6.45, 7) is 5.07. The first-order valence-electron chi connectivity index (χ1n) is 6.18. The van der Waals surface area contributed by atoms with Gasteiger partial charge in [0, 0.05) is 25.4 Å². The van der Waals surface area contributed by atoms with Gasteiger partial charge in [0.25, 0.3) is 0 Å². The summed E-state index contributed by atoms with van der Waals surface area (Å²) in [6, 6.07) is 2.04. The fourth-order valence-corrected chi connectivity index (χ4v) is 1.83. The Bertz CT molecular complexity index is 374. The Labute approximate surface area is 108 Å². The number of H-pyrrole nitrogens is 1. The number of hydrogen-bond donors (Lipinski definition) is 3. The third-order valence-electron chi connectivity index (χ3n) is 2.96. The molecule has 0 radical (unpaired) electrons. The maximum atomic E-state index is 11.3. The molecule has 0 aliphatic heterocycles. The highest BCUT2D eigenvalue weighted by atomic mass is 16.5. The molecule has 0 aliphatic rings. The Hall–Kier alpha value is -1.33. The van der Waals surface area contributed by atoms with Gasteiger partial charge in [0.05, 0.1) is 7.11 Å². The van der Waals surface area contributed by atoms with Crippen LogP contribution in [0.25, 0.3) is 0 Å². The van der Waals surface area contributed by atoms with E-state index < -0.39 is 0 Å². The van der Waals surface area contributed by atoms with Gasteiger partial charge in [-0.05, 0) is 24.0 Å². The van der Waals surface area contributed by atoms with Crippen molar-refractivity contribution in [2.75, 3.05) is 13.7 Å². The molecule has 1 aromatic rings. The predicted octanol–water partition coefficient (Wildman–Crippen LogP) is 1.30. The van der Waals surface area contributed by atoms with Crippen molar-refractivity contribution >= 4 is 5.97 Å². The standard InChI is InChI=1S/C13H22N2O3/c1-9(2)11(4-5-16)14-7-10-6-12(15-8-10)13(17)18-3/h6,8-9,11,14-16H,4-5,7H2,1-3H3. The maximum absolute atomic E-state index is 11.3. The number of esters is 1. The lowest BCUT2D eigenvalue weighted by Crippen LogP contribution is -2.34. The van der Waals surface area contributed by atoms with Crippen LogP contribution in [-0.2, 0) is 11.3 Å². The number of nitrogens with one attached hydrogen (secondary N) is 2. The minimum absolute atomic E-state index is 0.177. The zero-order valence-electron chi connectivity index (χ0n) is 11.2. The van der Waals surface area contributed by atoms with Crippen molar-refractivity contribution < 1.29 is 14.6 Å². The number of aliphatic hydroxyl groups excluding tert-OH is 1. The summed E-state index contributed by atoms with van der Waals surface area (Å²) in [5.74, 6) is 0.0909. The molecule has 1 heterocycles. The van der Waals surface area contributed by atoms with Crippen LogP contribution in [0.5, 0.6) is 0 Å². The van der Waals surface area contributed by atoms with Gasteiger partial charge in [-0.2, -0.15) is 0 Å². The van der Waals surface area contributed by atoms with Crippen molar-refractivity contribution in [1.29, 1.82) is 0 Å². The van der Waals surface area contributed by atoms with E-state index in [1.807, 2.05) is 0 Å². The molecule has 0 bridgehead atoms. The minimum atomic E-state index is -0.364. The Balaban J connectivity index is 2.52. The van der Waals surface area contributed by atoms with Crippen LogP contribution < -0.4 is 5.32 Å². The van der Waals surface area contributed by atoms with Crippen molar-refractivity contribution in [3.8, 4) is 0 Å². The highest BCUT2D eigenvalue weighted by molar-refractivity contribution is 5.87. The summed E-state index contributed by atoms with van der Waals surface area (Å²) in [5, 5.41) is 12.4. The van der Waals surface area contributed by atoms with E-state index in [-0.39, 0.29) is 18.6 Å². The lowest BCUT2D eigenvalue weighted by atomic mass is 10.0. The SMILES string of the molecule is COC(=O)c1cc(CNC(CCO)C(C)C)c[nH]1. The lowest BCUT2D eigenvalue weighted by molar-refractivity contribution is 0.0595. The molecule has 5 nitrogen and oxygen atoms in total. The molecule has 0 aromatic carbocycles. The Kier molecular flexibility index (Phi) is 5.88. The number of ether oxygens (including phenoxy) is 1. The number of rotatable bonds is 7. The topological polar surface area (TPSA) is 74.3 Å². The molecule has 0 fully saturated rings. The van der Waals surface area contributed by atoms with E-state index in [9.17, 15) is 4.79 Å². The molecule has 1 rings (SSSR count). The summed E-state index contributed by atoms with van der Waals surface area (Å²) in [6.07, 6.45) is 2.52. The van der Waals surface area contributed by atoms with Gasteiger partial charge in [-0.3, -0.25) is 0 Å². The quantitative estimate of drug-likeness (QED) is 0.641. The van der Waals surface area contributed by atoms with Gasteiger partial charge in [-0.1, -0.05) is 13.8 Å². The Morgan fingerprint density at radius 3 is 2.83 bits per heavy atom. The molecule has 1 aromatic heterocycles. The monoisotopic (exact) mass is 254 g/mol. The molecule has 18 heavy (non-hydrogen) atoms. The summed E-state index contributed by atoms with van der Waals surface area (Å²) >= 11 is 0. The summed E-state index contributed by atoms with van der Waals surface area (Å²) < 4.78 is 4.63. The van der Waals surface area contributed by atoms with Gasteiger partial charge >= 0.3 is 5.97 Å². The van der Waals surface area contributed by atoms with Crippen molar-refractivity contribution in [3.05, 3.63) is 23.5 Å². The molecule has 0 aliphatic carbocycles. The van der Waals surface area contributed by atoms with Crippen molar-refractivity contribution in [1.82, 2.24) is 10.3 Å². The molecule has 0 saturated carbocycles. The van der Waals surface area contributed by atoms with E-state index >= 15 is 0 Å². The van der Waals surface area contributed by atoms with Crippen LogP contribution in [0.2, 0.25) is 0 Å². The zero-order valence-corrected chi connectivity index (χ0v) is 11.2. The molecule has 0 amide bonds. The number of aromatic nitrogens is 1. The van der Waals surface area contributed by atoms with Crippen LogP contribution >= 0.6 is 0 Å².